The Labute approximate surface area is 194 Å². The highest BCUT2D eigenvalue weighted by atomic mass is 16.4. The third-order valence-corrected chi connectivity index (χ3v) is 6.45. The van der Waals surface area contributed by atoms with Gasteiger partial charge in [0, 0.05) is 18.5 Å². The van der Waals surface area contributed by atoms with Gasteiger partial charge in [-0.25, -0.2) is 4.98 Å². The zero-order valence-corrected chi connectivity index (χ0v) is 18.8. The molecule has 6 nitrogen and oxygen atoms in total. The lowest BCUT2D eigenvalue weighted by Crippen LogP contribution is -2.24. The molecule has 0 saturated heterocycles. The molecule has 0 atom stereocenters. The van der Waals surface area contributed by atoms with Crippen LogP contribution in [0.5, 0.6) is 0 Å². The first-order valence-electron chi connectivity index (χ1n) is 11.5. The van der Waals surface area contributed by atoms with Crippen molar-refractivity contribution in [2.75, 3.05) is 0 Å². The molecule has 1 aromatic heterocycles. The normalized spacial score (nSPS) is 18.0. The predicted molar refractivity (Wildman–Crippen MR) is 127 cm³/mol. The number of hydrogen-bond acceptors (Lipinski definition) is 4. The van der Waals surface area contributed by atoms with Crippen LogP contribution in [0.3, 0.4) is 0 Å². The van der Waals surface area contributed by atoms with Crippen molar-refractivity contribution in [2.45, 2.75) is 51.5 Å². The van der Waals surface area contributed by atoms with Gasteiger partial charge in [0.05, 0.1) is 17.6 Å². The summed E-state index contributed by atoms with van der Waals surface area (Å²) in [6.45, 7) is 2.33. The number of carbonyl (C=O) groups is 2. The molecule has 1 fully saturated rings. The van der Waals surface area contributed by atoms with Crippen LogP contribution in [0, 0.1) is 12.8 Å². The Morgan fingerprint density at radius 1 is 1.00 bits per heavy atom. The van der Waals surface area contributed by atoms with E-state index < -0.39 is 5.97 Å². The van der Waals surface area contributed by atoms with Gasteiger partial charge < -0.3 is 10.4 Å². The van der Waals surface area contributed by atoms with E-state index in [1.165, 1.54) is 11.8 Å². The highest BCUT2D eigenvalue weighted by Gasteiger charge is 2.24. The second-order valence-electron chi connectivity index (χ2n) is 8.80. The predicted octanol–water partition coefficient (Wildman–Crippen LogP) is 5.13. The summed E-state index contributed by atoms with van der Waals surface area (Å²) in [6.07, 6.45) is 5.76. The summed E-state index contributed by atoms with van der Waals surface area (Å²) < 4.78 is 0. The molecule has 1 aliphatic rings. The number of carbonyl (C=O) groups excluding carboxylic acids is 1. The first-order valence-corrected chi connectivity index (χ1v) is 11.5. The number of nitrogens with one attached hydrogen (secondary N) is 1. The van der Waals surface area contributed by atoms with Gasteiger partial charge in [-0.15, -0.1) is 0 Å². The molecule has 0 unspecified atom stereocenters. The molecule has 3 aromatic rings. The Hall–Kier alpha value is -3.54. The molecule has 0 bridgehead atoms. The number of benzene rings is 2. The number of carboxylic acids is 1. The summed E-state index contributed by atoms with van der Waals surface area (Å²) in [6, 6.07) is 18.1. The number of carboxylic acid groups (broad SMARTS) is 1. The Morgan fingerprint density at radius 2 is 1.70 bits per heavy atom. The summed E-state index contributed by atoms with van der Waals surface area (Å²) >= 11 is 0. The fourth-order valence-corrected chi connectivity index (χ4v) is 4.56. The number of aliphatic carboxylic acids is 1. The van der Waals surface area contributed by atoms with Crippen molar-refractivity contribution in [3.8, 4) is 11.3 Å². The molecule has 0 radical (unpaired) electrons. The van der Waals surface area contributed by atoms with Crippen molar-refractivity contribution in [1.82, 2.24) is 15.3 Å². The molecule has 1 saturated carbocycles. The summed E-state index contributed by atoms with van der Waals surface area (Å²) in [5.74, 6) is -0.185. The van der Waals surface area contributed by atoms with Gasteiger partial charge in [-0.05, 0) is 55.6 Å². The number of hydrogen-bond donors (Lipinski definition) is 2. The van der Waals surface area contributed by atoms with E-state index in [1.807, 2.05) is 49.4 Å². The molecule has 170 valence electrons. The molecule has 6 heteroatoms. The molecule has 2 N–H and O–H groups in total. The standard InChI is InChI=1S/C27H29N3O3/c1-18-26(30-24(17-28-18)27(33)29-16-20-5-3-2-4-6-20)23-13-11-22(12-14-23)21-9-7-19(8-10-21)15-25(31)32/h2-6,11-14,17,19,21H,7-10,15-16H2,1H3,(H,29,33)(H,31,32). The van der Waals surface area contributed by atoms with Crippen molar-refractivity contribution in [3.05, 3.63) is 83.3 Å². The van der Waals surface area contributed by atoms with Crippen LogP contribution in [0.25, 0.3) is 11.3 Å². The first kappa shape index (κ1) is 22.6. The minimum atomic E-state index is -0.699. The lowest BCUT2D eigenvalue weighted by molar-refractivity contribution is -0.138. The van der Waals surface area contributed by atoms with Crippen LogP contribution in [0.15, 0.2) is 60.8 Å². The average Bonchev–Trinajstić information content (AvgIpc) is 2.84. The van der Waals surface area contributed by atoms with Gasteiger partial charge in [0.2, 0.25) is 0 Å². The topological polar surface area (TPSA) is 92.2 Å². The van der Waals surface area contributed by atoms with E-state index in [1.54, 1.807) is 0 Å². The zero-order valence-electron chi connectivity index (χ0n) is 18.8. The van der Waals surface area contributed by atoms with Gasteiger partial charge in [0.15, 0.2) is 0 Å². The molecular weight excluding hydrogens is 414 g/mol. The molecule has 0 aliphatic heterocycles. The molecule has 1 amide bonds. The second kappa shape index (κ2) is 10.4. The molecule has 0 spiro atoms. The first-order chi connectivity index (χ1) is 16.0. The van der Waals surface area contributed by atoms with E-state index in [0.717, 1.165) is 42.5 Å². The fourth-order valence-electron chi connectivity index (χ4n) is 4.56. The van der Waals surface area contributed by atoms with E-state index in [2.05, 4.69) is 27.4 Å². The van der Waals surface area contributed by atoms with E-state index >= 15 is 0 Å². The summed E-state index contributed by atoms with van der Waals surface area (Å²) in [5, 5.41) is 11.9. The lowest BCUT2D eigenvalue weighted by atomic mass is 9.77. The minimum absolute atomic E-state index is 0.248. The van der Waals surface area contributed by atoms with Gasteiger partial charge in [-0.1, -0.05) is 54.6 Å². The van der Waals surface area contributed by atoms with Gasteiger partial charge in [0.1, 0.15) is 5.69 Å². The third kappa shape index (κ3) is 5.83. The molecule has 1 aliphatic carbocycles. The maximum absolute atomic E-state index is 12.6. The smallest absolute Gasteiger partial charge is 0.303 e. The van der Waals surface area contributed by atoms with Crippen LogP contribution in [-0.2, 0) is 11.3 Å². The van der Waals surface area contributed by atoms with Crippen molar-refractivity contribution in [3.63, 3.8) is 0 Å². The van der Waals surface area contributed by atoms with Crippen LogP contribution >= 0.6 is 0 Å². The zero-order chi connectivity index (χ0) is 23.2. The van der Waals surface area contributed by atoms with Gasteiger partial charge in [-0.2, -0.15) is 0 Å². The van der Waals surface area contributed by atoms with Crippen molar-refractivity contribution in [1.29, 1.82) is 0 Å². The van der Waals surface area contributed by atoms with E-state index in [9.17, 15) is 9.59 Å². The van der Waals surface area contributed by atoms with Gasteiger partial charge >= 0.3 is 5.97 Å². The van der Waals surface area contributed by atoms with Crippen molar-refractivity contribution >= 4 is 11.9 Å². The van der Waals surface area contributed by atoms with E-state index in [0.29, 0.717) is 29.8 Å². The number of aromatic nitrogens is 2. The fraction of sp³-hybridized carbons (Fsp3) is 0.333. The number of amides is 1. The Morgan fingerprint density at radius 3 is 2.36 bits per heavy atom. The van der Waals surface area contributed by atoms with Crippen LogP contribution in [0.1, 0.15) is 65.3 Å². The quantitative estimate of drug-likeness (QED) is 0.528. The highest BCUT2D eigenvalue weighted by molar-refractivity contribution is 5.92. The molecule has 2 aromatic carbocycles. The SMILES string of the molecule is Cc1ncc(C(=O)NCc2ccccc2)nc1-c1ccc(C2CCC(CC(=O)O)CC2)cc1. The Balaban J connectivity index is 1.42. The van der Waals surface area contributed by atoms with Gasteiger partial charge in [0.25, 0.3) is 5.91 Å². The van der Waals surface area contributed by atoms with E-state index in [-0.39, 0.29) is 12.3 Å². The van der Waals surface area contributed by atoms with Crippen LogP contribution in [0.2, 0.25) is 0 Å². The number of rotatable bonds is 7. The van der Waals surface area contributed by atoms with Crippen LogP contribution in [0.4, 0.5) is 0 Å². The van der Waals surface area contributed by atoms with Crippen molar-refractivity contribution < 1.29 is 14.7 Å². The molecule has 1 heterocycles. The summed E-state index contributed by atoms with van der Waals surface area (Å²) in [4.78, 5) is 32.6. The maximum atomic E-state index is 12.6. The average molecular weight is 444 g/mol. The molecule has 33 heavy (non-hydrogen) atoms. The van der Waals surface area contributed by atoms with Crippen LogP contribution < -0.4 is 5.32 Å². The van der Waals surface area contributed by atoms with Gasteiger partial charge in [-0.3, -0.25) is 14.6 Å². The van der Waals surface area contributed by atoms with E-state index in [4.69, 9.17) is 5.11 Å². The van der Waals surface area contributed by atoms with Crippen molar-refractivity contribution in [2.24, 2.45) is 5.92 Å². The third-order valence-electron chi connectivity index (χ3n) is 6.45. The lowest BCUT2D eigenvalue weighted by Gasteiger charge is -2.28. The summed E-state index contributed by atoms with van der Waals surface area (Å²) in [7, 11) is 0. The molecular formula is C27H29N3O3. The monoisotopic (exact) mass is 443 g/mol. The maximum Gasteiger partial charge on any atom is 0.303 e. The largest absolute Gasteiger partial charge is 0.481 e. The summed E-state index contributed by atoms with van der Waals surface area (Å²) in [5.41, 5.74) is 5.01. The highest BCUT2D eigenvalue weighted by Crippen LogP contribution is 2.37. The second-order valence-corrected chi connectivity index (χ2v) is 8.80. The minimum Gasteiger partial charge on any atom is -0.481 e. The Kier molecular flexibility index (Phi) is 7.13. The number of aryl methyl sites for hydroxylation is 1. The Bertz CT molecular complexity index is 1110. The molecule has 4 rings (SSSR count). The number of nitrogens with zero attached hydrogens (tertiary/aromatic N) is 2. The van der Waals surface area contributed by atoms with Crippen LogP contribution in [-0.4, -0.2) is 27.0 Å².